The van der Waals surface area contributed by atoms with Crippen LogP contribution in [0.15, 0.2) is 0 Å². The molecule has 0 rings (SSSR count). The van der Waals surface area contributed by atoms with Crippen molar-refractivity contribution in [2.75, 3.05) is 6.61 Å². The minimum absolute atomic E-state index is 0. The maximum atomic E-state index is 9.63. The van der Waals surface area contributed by atoms with E-state index >= 15 is 0 Å². The van der Waals surface area contributed by atoms with E-state index in [2.05, 4.69) is 3.73 Å². The second kappa shape index (κ2) is 12.0. The summed E-state index contributed by atoms with van der Waals surface area (Å²) in [4.78, 5) is 0. The summed E-state index contributed by atoms with van der Waals surface area (Å²) in [7, 11) is 0. The van der Waals surface area contributed by atoms with Gasteiger partial charge in [-0.1, -0.05) is 0 Å². The molecule has 0 spiro atoms. The molecule has 0 aromatic rings. The van der Waals surface area contributed by atoms with Gasteiger partial charge < -0.3 is 0 Å². The van der Waals surface area contributed by atoms with E-state index in [0.29, 0.717) is 6.61 Å². The topological polar surface area (TPSA) is 46.5 Å². The summed E-state index contributed by atoms with van der Waals surface area (Å²) in [6.07, 6.45) is 0. The average molecular weight is 202 g/mol. The predicted octanol–water partition coefficient (Wildman–Crippen LogP) is -2.13. The van der Waals surface area contributed by atoms with Gasteiger partial charge in [-0.2, -0.15) is 0 Å². The Labute approximate surface area is 97.9 Å². The molecule has 1 unspecified atom stereocenters. The fourth-order valence-electron chi connectivity index (χ4n) is 0.123. The van der Waals surface area contributed by atoms with Crippen molar-refractivity contribution < 1.29 is 11.6 Å². The van der Waals surface area contributed by atoms with Crippen LogP contribution in [0.3, 0.4) is 0 Å². The Bertz CT molecular complexity index is 59.2. The van der Waals surface area contributed by atoms with Crippen molar-refractivity contribution in [3.05, 3.63) is 0 Å². The molecular weight excluding hydrogens is 193 g/mol. The molecule has 0 amide bonds. The van der Waals surface area contributed by atoms with Crippen LogP contribution in [0.4, 0.5) is 0 Å². The van der Waals surface area contributed by atoms with Crippen molar-refractivity contribution in [1.82, 2.24) is 0 Å². The van der Waals surface area contributed by atoms with Gasteiger partial charge in [-0.15, -0.1) is 0 Å². The molecule has 0 radical (unpaired) electrons. The zero-order valence-corrected chi connectivity index (χ0v) is 5.57. The Kier molecular flexibility index (Phi) is 25.1. The van der Waals surface area contributed by atoms with Crippen LogP contribution in [0.5, 0.6) is 0 Å². The molecule has 6 heteroatoms. The summed E-state index contributed by atoms with van der Waals surface area (Å²) in [5.74, 6) is 0. The van der Waals surface area contributed by atoms with E-state index in [1.165, 1.54) is 0 Å². The summed E-state index contributed by atoms with van der Waals surface area (Å²) in [5, 5.41) is 0. The molecule has 3 nitrogen and oxygen atoms in total. The zero-order valence-electron chi connectivity index (χ0n) is 3.47. The van der Waals surface area contributed by atoms with Crippen molar-refractivity contribution in [3.8, 4) is 0 Å². The molecule has 0 aliphatic heterocycles. The van der Waals surface area contributed by atoms with Crippen molar-refractivity contribution >= 4 is 74.4 Å². The van der Waals surface area contributed by atoms with Crippen LogP contribution in [0.2, 0.25) is 0 Å². The summed E-state index contributed by atoms with van der Waals surface area (Å²) in [6.45, 7) is 2.02. The van der Waals surface area contributed by atoms with Crippen LogP contribution < -0.4 is 0 Å². The Hall–Kier alpha value is 2.28. The van der Waals surface area contributed by atoms with Crippen molar-refractivity contribution in [3.63, 3.8) is 0 Å². The molecule has 0 aromatic carbocycles. The number of hydrogen-bond donors (Lipinski definition) is 1. The summed E-state index contributed by atoms with van der Waals surface area (Å²) in [5.41, 5.74) is 0. The normalized spacial score (nSPS) is 10.8. The second-order valence-corrected chi connectivity index (χ2v) is 2.42. The van der Waals surface area contributed by atoms with Crippen LogP contribution in [0, 0.1) is 0 Å². The van der Waals surface area contributed by atoms with Crippen LogP contribution in [0.25, 0.3) is 0 Å². The second-order valence-electron chi connectivity index (χ2n) is 0.699. The van der Waals surface area contributed by atoms with Crippen LogP contribution in [-0.2, 0) is 7.47 Å². The van der Waals surface area contributed by atoms with Crippen molar-refractivity contribution in [2.24, 2.45) is 0 Å². The average Bonchev–Trinajstić information content (AvgIpc) is 1.35. The summed E-state index contributed by atoms with van der Waals surface area (Å²) in [6, 6.07) is 0. The Balaban J connectivity index is -0.000000125. The first-order valence-electron chi connectivity index (χ1n) is 1.63. The van der Waals surface area contributed by atoms with Gasteiger partial charge in [-0.25, -0.2) is 0 Å². The van der Waals surface area contributed by atoms with Gasteiger partial charge in [0.05, 0.1) is 0 Å². The van der Waals surface area contributed by atoms with E-state index in [1.807, 2.05) is 0 Å². The fraction of sp³-hybridized carbons (Fsp3) is 1.00. The molecule has 0 saturated carbocycles. The summed E-state index contributed by atoms with van der Waals surface area (Å²) < 4.78 is 21.8. The van der Waals surface area contributed by atoms with E-state index in [1.54, 1.807) is 6.92 Å². The molecule has 0 saturated heterocycles. The Morgan fingerprint density at radius 1 is 1.62 bits per heavy atom. The van der Waals surface area contributed by atoms with Crippen LogP contribution in [-0.4, -0.2) is 85.1 Å². The van der Waals surface area contributed by atoms with Gasteiger partial charge in [0, 0.05) is 0 Å². The zero-order chi connectivity index (χ0) is 4.99. The molecule has 0 aliphatic carbocycles. The van der Waals surface area contributed by atoms with Crippen LogP contribution >= 0.6 is 0 Å². The van der Waals surface area contributed by atoms with E-state index in [0.717, 1.165) is 0 Å². The molecule has 1 atom stereocenters. The van der Waals surface area contributed by atoms with E-state index in [9.17, 15) is 3.74 Å². The van der Waals surface area contributed by atoms with Gasteiger partial charge in [-0.05, 0) is 0 Å². The molecule has 0 aromatic heterocycles. The van der Waals surface area contributed by atoms with Crippen molar-refractivity contribution in [2.45, 2.75) is 6.92 Å². The third kappa shape index (κ3) is 15.7. The SMILES string of the molecule is CCO[AsH](=O)O.[NaH].[NaH]. The third-order valence-electron chi connectivity index (χ3n) is 0.268. The first-order valence-corrected chi connectivity index (χ1v) is 4.28. The van der Waals surface area contributed by atoms with Gasteiger partial charge >= 0.3 is 99.5 Å². The molecular formula is C2H9AsNa2O3. The molecule has 0 aliphatic rings. The molecule has 0 heterocycles. The molecule has 0 fully saturated rings. The number of rotatable bonds is 2. The molecule has 0 bridgehead atoms. The number of hydrogen-bond acceptors (Lipinski definition) is 2. The van der Waals surface area contributed by atoms with Gasteiger partial charge in [0.25, 0.3) is 0 Å². The third-order valence-corrected chi connectivity index (χ3v) is 1.39. The van der Waals surface area contributed by atoms with Crippen LogP contribution in [0.1, 0.15) is 6.92 Å². The van der Waals surface area contributed by atoms with E-state index in [4.69, 9.17) is 4.10 Å². The van der Waals surface area contributed by atoms with E-state index in [-0.39, 0.29) is 59.1 Å². The molecule has 42 valence electrons. The van der Waals surface area contributed by atoms with E-state index < -0.39 is 15.3 Å². The first-order chi connectivity index (χ1) is 2.77. The predicted molar refractivity (Wildman–Crippen MR) is 36.0 cm³/mol. The first kappa shape index (κ1) is 16.7. The van der Waals surface area contributed by atoms with Gasteiger partial charge in [0.1, 0.15) is 0 Å². The van der Waals surface area contributed by atoms with Gasteiger partial charge in [-0.3, -0.25) is 0 Å². The fourth-order valence-corrected chi connectivity index (χ4v) is 0.642. The van der Waals surface area contributed by atoms with Gasteiger partial charge in [0.2, 0.25) is 0 Å². The van der Waals surface area contributed by atoms with Crippen molar-refractivity contribution in [1.29, 1.82) is 0 Å². The Morgan fingerprint density at radius 3 is 2.00 bits per heavy atom. The van der Waals surface area contributed by atoms with Gasteiger partial charge in [0.15, 0.2) is 0 Å². The standard InChI is InChI=1S/C2H7AsO3.2Na.2H/c1-2-6-3(4)5;;;;/h3H,2H2,1H3,(H,4,5);;;;. The molecule has 1 N–H and O–H groups in total. The monoisotopic (exact) mass is 202 g/mol. The Morgan fingerprint density at radius 2 is 2.00 bits per heavy atom. The minimum atomic E-state index is -3.13. The summed E-state index contributed by atoms with van der Waals surface area (Å²) >= 11 is -3.13. The molecule has 8 heavy (non-hydrogen) atoms. The quantitative estimate of drug-likeness (QED) is 0.520. The maximum absolute atomic E-state index is 9.63.